The molecule has 0 amide bonds. The van der Waals surface area contributed by atoms with Gasteiger partial charge >= 0.3 is 0 Å². The molecule has 5 nitrogen and oxygen atoms in total. The van der Waals surface area contributed by atoms with E-state index in [0.29, 0.717) is 0 Å². The zero-order chi connectivity index (χ0) is 21.6. The maximum Gasteiger partial charge on any atom is 0.283 e. The average Bonchev–Trinajstić information content (AvgIpc) is 2.61. The lowest BCUT2D eigenvalue weighted by Crippen LogP contribution is -2.39. The molecule has 3 aromatic rings. The molecule has 152 valence electrons. The van der Waals surface area contributed by atoms with E-state index >= 15 is 0 Å². The monoisotopic (exact) mass is 492 g/mol. The van der Waals surface area contributed by atoms with Crippen molar-refractivity contribution in [2.75, 3.05) is 0 Å². The summed E-state index contributed by atoms with van der Waals surface area (Å²) in [5.41, 5.74) is -0.785. The number of aromatic hydroxyl groups is 2. The van der Waals surface area contributed by atoms with Crippen molar-refractivity contribution in [3.8, 4) is 11.5 Å². The van der Waals surface area contributed by atoms with E-state index in [2.05, 4.69) is 0 Å². The van der Waals surface area contributed by atoms with E-state index in [0.717, 1.165) is 0 Å². The van der Waals surface area contributed by atoms with Crippen molar-refractivity contribution < 1.29 is 23.2 Å². The van der Waals surface area contributed by atoms with Crippen LogP contribution in [0.2, 0.25) is 20.1 Å². The normalized spacial score (nSPS) is 13.8. The van der Waals surface area contributed by atoms with E-state index in [4.69, 9.17) is 46.4 Å². The summed E-state index contributed by atoms with van der Waals surface area (Å²) in [6.45, 7) is 0. The number of phenolic OH excluding ortho intramolecular Hbond substituents is 2. The van der Waals surface area contributed by atoms with E-state index in [-0.39, 0.29) is 31.8 Å². The van der Waals surface area contributed by atoms with Crippen LogP contribution >= 0.6 is 46.4 Å². The number of hydrogen-bond acceptors (Lipinski definition) is 4. The molecule has 3 aromatic carbocycles. The van der Waals surface area contributed by atoms with Crippen LogP contribution in [0.3, 0.4) is 0 Å². The third-order valence-corrected chi connectivity index (χ3v) is 6.93. The molecule has 0 fully saturated rings. The summed E-state index contributed by atoms with van der Waals surface area (Å²) >= 11 is 24.8. The lowest BCUT2D eigenvalue weighted by atomic mass is 9.83. The highest BCUT2D eigenvalue weighted by atomic mass is 35.5. The maximum absolute atomic E-state index is 13.0. The van der Waals surface area contributed by atoms with Gasteiger partial charge in [0.2, 0.25) is 0 Å². The molecule has 0 saturated carbocycles. The molecule has 0 spiro atoms. The fraction of sp³-hybridized carbons (Fsp3) is 0.0526. The minimum atomic E-state index is -5.16. The third kappa shape index (κ3) is 3.65. The molecule has 0 aliphatic rings. The average molecular weight is 494 g/mol. The van der Waals surface area contributed by atoms with Crippen molar-refractivity contribution in [1.29, 1.82) is 0 Å². The molecule has 1 unspecified atom stereocenters. The Labute approximate surface area is 186 Å². The lowest BCUT2D eigenvalue weighted by molar-refractivity contribution is 0.439. The van der Waals surface area contributed by atoms with Crippen LogP contribution in [0.25, 0.3) is 0 Å². The Morgan fingerprint density at radius 2 is 1.38 bits per heavy atom. The number of phenols is 2. The van der Waals surface area contributed by atoms with Gasteiger partial charge in [0.15, 0.2) is 4.75 Å². The summed E-state index contributed by atoms with van der Waals surface area (Å²) in [5.74, 6) is -0.959. The van der Waals surface area contributed by atoms with E-state index in [1.807, 2.05) is 0 Å². The summed E-state index contributed by atoms with van der Waals surface area (Å²) < 4.78 is 34.0. The predicted octanol–water partition coefficient (Wildman–Crippen LogP) is 5.89. The molecule has 1 atom stereocenters. The first-order valence-electron chi connectivity index (χ1n) is 7.89. The van der Waals surface area contributed by atoms with Gasteiger partial charge < -0.3 is 10.2 Å². The van der Waals surface area contributed by atoms with Crippen molar-refractivity contribution in [1.82, 2.24) is 0 Å². The Kier molecular flexibility index (Phi) is 5.98. The maximum atomic E-state index is 13.0. The van der Waals surface area contributed by atoms with Crippen molar-refractivity contribution in [3.05, 3.63) is 91.4 Å². The second-order valence-corrected chi connectivity index (χ2v) is 9.31. The van der Waals surface area contributed by atoms with Gasteiger partial charge in [0, 0.05) is 26.2 Å². The van der Waals surface area contributed by atoms with Crippen LogP contribution < -0.4 is 0 Å². The zero-order valence-electron chi connectivity index (χ0n) is 14.3. The van der Waals surface area contributed by atoms with Crippen LogP contribution in [0.5, 0.6) is 11.5 Å². The van der Waals surface area contributed by atoms with Crippen molar-refractivity contribution in [2.45, 2.75) is 4.75 Å². The second kappa shape index (κ2) is 7.87. The van der Waals surface area contributed by atoms with Gasteiger partial charge in [-0.2, -0.15) is 8.42 Å². The fourth-order valence-corrected chi connectivity index (χ4v) is 5.87. The molecular formula is C19H12Cl4O5S. The molecule has 0 saturated heterocycles. The van der Waals surface area contributed by atoms with Gasteiger partial charge in [0.1, 0.15) is 11.5 Å². The molecule has 0 aromatic heterocycles. The quantitative estimate of drug-likeness (QED) is 0.311. The topological polar surface area (TPSA) is 94.8 Å². The van der Waals surface area contributed by atoms with Gasteiger partial charge in [-0.3, -0.25) is 4.55 Å². The van der Waals surface area contributed by atoms with Crippen LogP contribution in [-0.4, -0.2) is 23.2 Å². The van der Waals surface area contributed by atoms with Crippen LogP contribution in [0, 0.1) is 0 Å². The zero-order valence-corrected chi connectivity index (χ0v) is 18.1. The summed E-state index contributed by atoms with van der Waals surface area (Å²) in [4.78, 5) is 0. The molecule has 0 heterocycles. The summed E-state index contributed by atoms with van der Waals surface area (Å²) in [7, 11) is -5.16. The Bertz CT molecular complexity index is 1190. The summed E-state index contributed by atoms with van der Waals surface area (Å²) in [5, 5.41) is 20.2. The van der Waals surface area contributed by atoms with Crippen LogP contribution in [-0.2, 0) is 14.9 Å². The van der Waals surface area contributed by atoms with Crippen LogP contribution in [0.15, 0.2) is 54.6 Å². The Balaban J connectivity index is 2.68. The second-order valence-electron chi connectivity index (χ2n) is 6.09. The van der Waals surface area contributed by atoms with E-state index in [1.54, 1.807) is 0 Å². The Morgan fingerprint density at radius 3 is 1.93 bits per heavy atom. The first kappa shape index (κ1) is 22.0. The number of para-hydroxylation sites is 1. The van der Waals surface area contributed by atoms with Gasteiger partial charge in [-0.15, -0.1) is 0 Å². The number of rotatable bonds is 4. The highest BCUT2D eigenvalue weighted by Crippen LogP contribution is 2.53. The Hall–Kier alpha value is -1.67. The summed E-state index contributed by atoms with van der Waals surface area (Å²) in [6, 6.07) is 11.6. The number of benzene rings is 3. The largest absolute Gasteiger partial charge is 0.508 e. The molecule has 3 rings (SSSR count). The van der Waals surface area contributed by atoms with Gasteiger partial charge in [0.25, 0.3) is 10.1 Å². The van der Waals surface area contributed by atoms with Gasteiger partial charge in [-0.25, -0.2) is 0 Å². The minimum absolute atomic E-state index is 0.0587. The number of halogens is 4. The molecule has 0 aliphatic carbocycles. The lowest BCUT2D eigenvalue weighted by Gasteiger charge is -2.34. The fourth-order valence-electron chi connectivity index (χ4n) is 3.24. The highest BCUT2D eigenvalue weighted by molar-refractivity contribution is 7.87. The van der Waals surface area contributed by atoms with Crippen LogP contribution in [0.4, 0.5) is 0 Å². The molecule has 10 heteroatoms. The van der Waals surface area contributed by atoms with Gasteiger partial charge in [-0.05, 0) is 42.0 Å². The van der Waals surface area contributed by atoms with Crippen molar-refractivity contribution in [2.24, 2.45) is 0 Å². The highest BCUT2D eigenvalue weighted by Gasteiger charge is 2.53. The first-order chi connectivity index (χ1) is 13.5. The molecule has 0 radical (unpaired) electrons. The molecular weight excluding hydrogens is 482 g/mol. The van der Waals surface area contributed by atoms with E-state index < -0.39 is 31.4 Å². The van der Waals surface area contributed by atoms with Crippen LogP contribution in [0.1, 0.15) is 16.7 Å². The number of hydrogen-bond donors (Lipinski definition) is 3. The van der Waals surface area contributed by atoms with Crippen molar-refractivity contribution >= 4 is 56.5 Å². The molecule has 0 aliphatic heterocycles. The predicted molar refractivity (Wildman–Crippen MR) is 114 cm³/mol. The molecule has 3 N–H and O–H groups in total. The smallest absolute Gasteiger partial charge is 0.283 e. The first-order valence-corrected chi connectivity index (χ1v) is 10.8. The third-order valence-electron chi connectivity index (χ3n) is 4.36. The standard InChI is InChI=1S/C19H12Cl4O5S/c20-11-7-10(8-12(21)9-11)19(29(26,27)28,13-3-1-2-4-15(13)24)17-14(22)5-6-16(25)18(17)23/h1-9,24-25H,(H,26,27,28). The van der Waals surface area contributed by atoms with Gasteiger partial charge in [0.05, 0.1) is 5.02 Å². The van der Waals surface area contributed by atoms with E-state index in [1.165, 1.54) is 54.6 Å². The SMILES string of the molecule is O=S(=O)(O)C(c1cc(Cl)cc(Cl)c1)(c1ccccc1O)c1c(Cl)ccc(O)c1Cl. The molecule has 0 bridgehead atoms. The summed E-state index contributed by atoms with van der Waals surface area (Å²) in [6.07, 6.45) is 0. The van der Waals surface area contributed by atoms with E-state index in [9.17, 15) is 23.2 Å². The minimum Gasteiger partial charge on any atom is -0.508 e. The Morgan fingerprint density at radius 1 is 0.793 bits per heavy atom. The van der Waals surface area contributed by atoms with Gasteiger partial charge in [-0.1, -0.05) is 64.6 Å². The molecule has 29 heavy (non-hydrogen) atoms. The van der Waals surface area contributed by atoms with Crippen molar-refractivity contribution in [3.63, 3.8) is 0 Å².